The molecular weight excluding hydrogens is 175 g/mol. The van der Waals surface area contributed by atoms with Gasteiger partial charge in [-0.2, -0.15) is 0 Å². The predicted octanol–water partition coefficient (Wildman–Crippen LogP) is -0.891. The number of rotatable bonds is 0. The van der Waals surface area contributed by atoms with Crippen LogP contribution in [0.4, 0.5) is 9.59 Å². The summed E-state index contributed by atoms with van der Waals surface area (Å²) in [7, 11) is -4.98. The monoisotopic (exact) mass is 178 g/mol. The van der Waals surface area contributed by atoms with E-state index in [9.17, 15) is 18.0 Å². The van der Waals surface area contributed by atoms with Crippen molar-refractivity contribution in [3.05, 3.63) is 0 Å². The van der Waals surface area contributed by atoms with Gasteiger partial charge in [-0.3, -0.25) is 0 Å². The van der Waals surface area contributed by atoms with Crippen LogP contribution in [0.25, 0.3) is 0 Å². The van der Waals surface area contributed by atoms with Gasteiger partial charge in [0, 0.05) is 0 Å². The van der Waals surface area contributed by atoms with Gasteiger partial charge in [-0.1, -0.05) is 0 Å². The molecule has 8 heteroatoms. The third-order valence-corrected chi connectivity index (χ3v) is 1.38. The van der Waals surface area contributed by atoms with Gasteiger partial charge in [-0.25, -0.2) is 18.0 Å². The van der Waals surface area contributed by atoms with Crippen molar-refractivity contribution in [3.63, 3.8) is 0 Å². The first kappa shape index (κ1) is 12.6. The van der Waals surface area contributed by atoms with Crippen LogP contribution >= 0.6 is 0 Å². The van der Waals surface area contributed by atoms with E-state index in [1.54, 1.807) is 0 Å². The first-order chi connectivity index (χ1) is 3.89. The van der Waals surface area contributed by atoms with Gasteiger partial charge >= 0.3 is 50.0 Å². The summed E-state index contributed by atoms with van der Waals surface area (Å²) in [6.45, 7) is 0. The fourth-order valence-electron chi connectivity index (χ4n) is 0.0747. The Kier molecular flexibility index (Phi) is 4.92. The van der Waals surface area contributed by atoms with Crippen LogP contribution in [-0.4, -0.2) is 58.8 Å². The van der Waals surface area contributed by atoms with Crippen molar-refractivity contribution in [2.45, 2.75) is 0 Å². The number of hydrogen-bond acceptors (Lipinski definition) is 4. The van der Waals surface area contributed by atoms with Crippen LogP contribution in [0.15, 0.2) is 0 Å². The van der Waals surface area contributed by atoms with Crippen LogP contribution in [-0.2, 0) is 9.84 Å². The minimum absolute atomic E-state index is 0. The summed E-state index contributed by atoms with van der Waals surface area (Å²) in [6.07, 6.45) is 0. The van der Waals surface area contributed by atoms with Crippen molar-refractivity contribution >= 4 is 50.0 Å². The molecule has 0 spiro atoms. The van der Waals surface area contributed by atoms with Gasteiger partial charge in [0.25, 0.3) is 0 Å². The van der Waals surface area contributed by atoms with E-state index in [4.69, 9.17) is 10.2 Å². The standard InChI is InChI=1S/C2H2O6S.Na.H/c3-1(4)9(7,8)2(5)6;;/h(H,3,4)(H,5,6);;. The number of carboxylic acid groups (broad SMARTS) is 2. The van der Waals surface area contributed by atoms with Crippen LogP contribution in [0.5, 0.6) is 0 Å². The second-order valence-electron chi connectivity index (χ2n) is 1.04. The molecule has 10 heavy (non-hydrogen) atoms. The molecule has 0 aliphatic heterocycles. The molecule has 0 atom stereocenters. The first-order valence-corrected chi connectivity index (χ1v) is 3.08. The van der Waals surface area contributed by atoms with Gasteiger partial charge < -0.3 is 10.2 Å². The molecule has 0 aliphatic rings. The molecule has 0 saturated heterocycles. The number of sulfone groups is 1. The summed E-state index contributed by atoms with van der Waals surface area (Å²) in [5.74, 6) is 0. The summed E-state index contributed by atoms with van der Waals surface area (Å²) >= 11 is 0. The van der Waals surface area contributed by atoms with Crippen molar-refractivity contribution < 1.29 is 28.2 Å². The zero-order valence-corrected chi connectivity index (χ0v) is 4.75. The van der Waals surface area contributed by atoms with Gasteiger partial charge in [0.2, 0.25) is 0 Å². The van der Waals surface area contributed by atoms with Gasteiger partial charge in [0.05, 0.1) is 0 Å². The molecule has 0 aromatic carbocycles. The summed E-state index contributed by atoms with van der Waals surface area (Å²) < 4.78 is 19.7. The molecule has 0 fully saturated rings. The van der Waals surface area contributed by atoms with Crippen molar-refractivity contribution in [1.29, 1.82) is 0 Å². The SMILES string of the molecule is O=C(O)S(=O)(=O)C(=O)O.[NaH]. The van der Waals surface area contributed by atoms with E-state index in [1.807, 2.05) is 0 Å². The van der Waals surface area contributed by atoms with Crippen LogP contribution in [0.1, 0.15) is 0 Å². The quantitative estimate of drug-likeness (QED) is 0.465. The Labute approximate surface area is 78.1 Å². The molecule has 0 aliphatic carbocycles. The van der Waals surface area contributed by atoms with Crippen molar-refractivity contribution in [3.8, 4) is 0 Å². The van der Waals surface area contributed by atoms with Crippen molar-refractivity contribution in [2.75, 3.05) is 0 Å². The van der Waals surface area contributed by atoms with Gasteiger partial charge in [-0.15, -0.1) is 0 Å². The Hall–Kier alpha value is -0.110. The molecule has 54 valence electrons. The van der Waals surface area contributed by atoms with Crippen molar-refractivity contribution in [1.82, 2.24) is 0 Å². The molecule has 2 N–H and O–H groups in total. The van der Waals surface area contributed by atoms with Gasteiger partial charge in [-0.05, 0) is 0 Å². The molecule has 0 unspecified atom stereocenters. The average Bonchev–Trinajstić information content (AvgIpc) is 1.65. The summed E-state index contributed by atoms with van der Waals surface area (Å²) in [5, 5.41) is 10.6. The van der Waals surface area contributed by atoms with Crippen LogP contribution in [0.2, 0.25) is 0 Å². The van der Waals surface area contributed by atoms with E-state index in [1.165, 1.54) is 0 Å². The molecule has 0 heterocycles. The molecule has 0 bridgehead atoms. The Morgan fingerprint density at radius 2 is 1.20 bits per heavy atom. The van der Waals surface area contributed by atoms with E-state index < -0.39 is 20.4 Å². The second-order valence-corrected chi connectivity index (χ2v) is 2.74. The van der Waals surface area contributed by atoms with E-state index in [2.05, 4.69) is 0 Å². The Balaban J connectivity index is 0. The zero-order chi connectivity index (χ0) is 7.65. The summed E-state index contributed by atoms with van der Waals surface area (Å²) in [6, 6.07) is 0. The first-order valence-electron chi connectivity index (χ1n) is 1.60. The fraction of sp³-hybridized carbons (Fsp3) is 0. The van der Waals surface area contributed by atoms with Crippen LogP contribution in [0.3, 0.4) is 0 Å². The predicted molar refractivity (Wildman–Crippen MR) is 32.1 cm³/mol. The molecular formula is C2H3NaO6S. The van der Waals surface area contributed by atoms with Crippen LogP contribution in [0, 0.1) is 0 Å². The molecule has 0 aromatic heterocycles. The Bertz CT molecular complexity index is 218. The van der Waals surface area contributed by atoms with E-state index in [0.29, 0.717) is 0 Å². The minimum atomic E-state index is -4.98. The molecule has 0 radical (unpaired) electrons. The van der Waals surface area contributed by atoms with E-state index >= 15 is 0 Å². The molecule has 0 rings (SSSR count). The molecule has 0 saturated carbocycles. The molecule has 0 aromatic rings. The average molecular weight is 178 g/mol. The number of hydrogen-bond donors (Lipinski definition) is 2. The van der Waals surface area contributed by atoms with Gasteiger partial charge in [0.15, 0.2) is 0 Å². The van der Waals surface area contributed by atoms with Crippen LogP contribution < -0.4 is 0 Å². The maximum absolute atomic E-state index is 9.83. The fourth-order valence-corrected chi connectivity index (χ4v) is 0.224. The third kappa shape index (κ3) is 2.65. The summed E-state index contributed by atoms with van der Waals surface area (Å²) in [4.78, 5) is 19.0. The molecule has 6 nitrogen and oxygen atoms in total. The maximum atomic E-state index is 9.83. The van der Waals surface area contributed by atoms with E-state index in [-0.39, 0.29) is 29.6 Å². The zero-order valence-electron chi connectivity index (χ0n) is 3.94. The molecule has 0 amide bonds. The van der Waals surface area contributed by atoms with Gasteiger partial charge in [0.1, 0.15) is 0 Å². The summed E-state index contributed by atoms with van der Waals surface area (Å²) in [5.41, 5.74) is 0. The van der Waals surface area contributed by atoms with E-state index in [0.717, 1.165) is 0 Å². The third-order valence-electron chi connectivity index (χ3n) is 0.460. The normalized spacial score (nSPS) is 9.60. The topological polar surface area (TPSA) is 109 Å². The Morgan fingerprint density at radius 1 is 1.00 bits per heavy atom. The number of carbonyl (C=O) groups is 2. The second kappa shape index (κ2) is 3.91. The van der Waals surface area contributed by atoms with Crippen molar-refractivity contribution in [2.24, 2.45) is 0 Å². The Morgan fingerprint density at radius 3 is 1.20 bits per heavy atom.